The zero-order valence-electron chi connectivity index (χ0n) is 12.4. The van der Waals surface area contributed by atoms with Gasteiger partial charge in [0.1, 0.15) is 0 Å². The van der Waals surface area contributed by atoms with E-state index in [9.17, 15) is 13.2 Å². The first-order chi connectivity index (χ1) is 10.9. The lowest BCUT2D eigenvalue weighted by Crippen LogP contribution is -2.33. The summed E-state index contributed by atoms with van der Waals surface area (Å²) in [6.45, 7) is 0.407. The van der Waals surface area contributed by atoms with Crippen LogP contribution in [0.3, 0.4) is 0 Å². The van der Waals surface area contributed by atoms with Crippen molar-refractivity contribution >= 4 is 15.9 Å². The molecule has 23 heavy (non-hydrogen) atoms. The Labute approximate surface area is 135 Å². The van der Waals surface area contributed by atoms with E-state index in [0.717, 1.165) is 18.5 Å². The number of hydrogen-bond acceptors (Lipinski definition) is 4. The number of sulfonamides is 1. The van der Waals surface area contributed by atoms with Gasteiger partial charge in [-0.05, 0) is 43.2 Å². The number of nitrogens with zero attached hydrogens (tertiary/aromatic N) is 2. The van der Waals surface area contributed by atoms with E-state index < -0.39 is 10.0 Å². The van der Waals surface area contributed by atoms with Gasteiger partial charge in [-0.1, -0.05) is 12.1 Å². The lowest BCUT2D eigenvalue weighted by Gasteiger charge is -2.22. The van der Waals surface area contributed by atoms with Crippen molar-refractivity contribution < 1.29 is 13.2 Å². The van der Waals surface area contributed by atoms with Gasteiger partial charge in [-0.3, -0.25) is 9.78 Å². The summed E-state index contributed by atoms with van der Waals surface area (Å²) in [5, 5.41) is 5.13. The van der Waals surface area contributed by atoms with Crippen LogP contribution in [-0.4, -0.2) is 30.3 Å². The van der Waals surface area contributed by atoms with Crippen LogP contribution in [0.25, 0.3) is 0 Å². The van der Waals surface area contributed by atoms with Crippen LogP contribution in [0.1, 0.15) is 28.9 Å². The highest BCUT2D eigenvalue weighted by Gasteiger charge is 2.33. The van der Waals surface area contributed by atoms with Crippen LogP contribution in [0.2, 0.25) is 0 Å². The third-order valence-corrected chi connectivity index (χ3v) is 4.63. The van der Waals surface area contributed by atoms with E-state index in [1.54, 1.807) is 17.2 Å². The first-order valence-electron chi connectivity index (χ1n) is 7.29. The van der Waals surface area contributed by atoms with E-state index in [-0.39, 0.29) is 16.8 Å². The Bertz CT molecular complexity index is 817. The van der Waals surface area contributed by atoms with Gasteiger partial charge in [0.15, 0.2) is 0 Å². The van der Waals surface area contributed by atoms with Gasteiger partial charge < -0.3 is 4.90 Å². The highest BCUT2D eigenvalue weighted by Crippen LogP contribution is 2.29. The maximum absolute atomic E-state index is 12.8. The third kappa shape index (κ3) is 3.75. The summed E-state index contributed by atoms with van der Waals surface area (Å²) in [6.07, 6.45) is 3.59. The molecule has 0 saturated heterocycles. The molecule has 6 nitrogen and oxygen atoms in total. The van der Waals surface area contributed by atoms with Crippen molar-refractivity contribution in [2.75, 3.05) is 0 Å². The molecular formula is C16H17N3O3S. The van der Waals surface area contributed by atoms with E-state index in [1.165, 1.54) is 18.2 Å². The smallest absolute Gasteiger partial charge is 0.254 e. The fourth-order valence-corrected chi connectivity index (χ4v) is 2.95. The summed E-state index contributed by atoms with van der Waals surface area (Å²) < 4.78 is 22.9. The van der Waals surface area contributed by atoms with Crippen molar-refractivity contribution in [2.24, 2.45) is 5.14 Å². The van der Waals surface area contributed by atoms with E-state index in [4.69, 9.17) is 5.14 Å². The van der Waals surface area contributed by atoms with Crippen molar-refractivity contribution in [3.05, 3.63) is 59.9 Å². The van der Waals surface area contributed by atoms with Gasteiger partial charge >= 0.3 is 0 Å². The molecule has 1 aromatic heterocycles. The molecule has 120 valence electrons. The van der Waals surface area contributed by atoms with E-state index in [1.807, 2.05) is 18.2 Å². The molecule has 1 heterocycles. The number of carbonyl (C=O) groups is 1. The number of pyridine rings is 1. The Kier molecular flexibility index (Phi) is 4.14. The second-order valence-electron chi connectivity index (χ2n) is 5.56. The number of rotatable bonds is 5. The minimum atomic E-state index is -3.83. The van der Waals surface area contributed by atoms with Crippen molar-refractivity contribution in [3.8, 4) is 0 Å². The number of hydrogen-bond donors (Lipinski definition) is 1. The molecule has 1 aliphatic rings. The molecule has 1 saturated carbocycles. The average Bonchev–Trinajstić information content (AvgIpc) is 3.37. The van der Waals surface area contributed by atoms with Gasteiger partial charge in [-0.2, -0.15) is 0 Å². The summed E-state index contributed by atoms with van der Waals surface area (Å²) in [5.41, 5.74) is 1.12. The van der Waals surface area contributed by atoms with Crippen molar-refractivity contribution in [1.82, 2.24) is 9.88 Å². The molecule has 0 aliphatic heterocycles. The fourth-order valence-electron chi connectivity index (χ4n) is 2.39. The first-order valence-corrected chi connectivity index (χ1v) is 8.83. The molecule has 1 fully saturated rings. The second kappa shape index (κ2) is 6.10. The molecule has 0 spiro atoms. The summed E-state index contributed by atoms with van der Waals surface area (Å²) in [7, 11) is -3.83. The number of nitrogens with two attached hydrogens (primary N) is 1. The van der Waals surface area contributed by atoms with E-state index in [0.29, 0.717) is 12.1 Å². The normalized spacial score (nSPS) is 14.5. The molecule has 1 aliphatic carbocycles. The molecule has 0 atom stereocenters. The van der Waals surface area contributed by atoms with Gasteiger partial charge in [-0.15, -0.1) is 0 Å². The predicted molar refractivity (Wildman–Crippen MR) is 84.9 cm³/mol. The lowest BCUT2D eigenvalue weighted by molar-refractivity contribution is 0.0727. The zero-order valence-corrected chi connectivity index (χ0v) is 13.2. The monoisotopic (exact) mass is 331 g/mol. The Morgan fingerprint density at radius 3 is 2.61 bits per heavy atom. The molecule has 0 bridgehead atoms. The summed E-state index contributed by atoms with van der Waals surface area (Å²) in [4.78, 5) is 18.7. The number of primary sulfonamides is 1. The number of carbonyl (C=O) groups excluding carboxylic acids is 1. The topological polar surface area (TPSA) is 93.4 Å². The second-order valence-corrected chi connectivity index (χ2v) is 7.12. The molecule has 0 unspecified atom stereocenters. The Morgan fingerprint density at radius 1 is 1.22 bits per heavy atom. The first kappa shape index (κ1) is 15.6. The molecule has 1 aromatic carbocycles. The van der Waals surface area contributed by atoms with E-state index >= 15 is 0 Å². The van der Waals surface area contributed by atoms with E-state index in [2.05, 4.69) is 4.98 Å². The van der Waals surface area contributed by atoms with Gasteiger partial charge in [0.25, 0.3) is 5.91 Å². The van der Waals surface area contributed by atoms with Crippen LogP contribution < -0.4 is 5.14 Å². The minimum Gasteiger partial charge on any atom is -0.330 e. The summed E-state index contributed by atoms with van der Waals surface area (Å²) in [6, 6.07) is 11.6. The molecule has 0 radical (unpaired) electrons. The summed E-state index contributed by atoms with van der Waals surface area (Å²) in [5.74, 6) is -0.205. The standard InChI is InChI=1S/C16H17N3O3S/c17-23(21,22)15-6-3-4-12(10-15)16(20)19(14-7-8-14)11-13-5-1-2-9-18-13/h1-6,9-10,14H,7-8,11H2,(H2,17,21,22). The molecule has 3 rings (SSSR count). The Hall–Kier alpha value is -2.25. The largest absolute Gasteiger partial charge is 0.330 e. The quantitative estimate of drug-likeness (QED) is 0.899. The van der Waals surface area contributed by atoms with Crippen LogP contribution in [0, 0.1) is 0 Å². The summed E-state index contributed by atoms with van der Waals surface area (Å²) >= 11 is 0. The van der Waals surface area contributed by atoms with Crippen molar-refractivity contribution in [3.63, 3.8) is 0 Å². The maximum Gasteiger partial charge on any atom is 0.254 e. The average molecular weight is 331 g/mol. The fraction of sp³-hybridized carbons (Fsp3) is 0.250. The van der Waals surface area contributed by atoms with Crippen LogP contribution >= 0.6 is 0 Å². The number of benzene rings is 1. The maximum atomic E-state index is 12.8. The Morgan fingerprint density at radius 2 is 2.00 bits per heavy atom. The molecule has 2 N–H and O–H groups in total. The highest BCUT2D eigenvalue weighted by molar-refractivity contribution is 7.89. The predicted octanol–water partition coefficient (Wildman–Crippen LogP) is 1.53. The van der Waals surface area contributed by atoms with Gasteiger partial charge in [0.05, 0.1) is 17.1 Å². The molecule has 7 heteroatoms. The van der Waals surface area contributed by atoms with Crippen LogP contribution in [-0.2, 0) is 16.6 Å². The van der Waals surface area contributed by atoms with Crippen LogP contribution in [0.4, 0.5) is 0 Å². The Balaban J connectivity index is 1.87. The van der Waals surface area contributed by atoms with Gasteiger partial charge in [-0.25, -0.2) is 13.6 Å². The van der Waals surface area contributed by atoms with Crippen molar-refractivity contribution in [1.29, 1.82) is 0 Å². The van der Waals surface area contributed by atoms with Crippen molar-refractivity contribution in [2.45, 2.75) is 30.3 Å². The van der Waals surface area contributed by atoms with Crippen LogP contribution in [0.15, 0.2) is 53.6 Å². The zero-order chi connectivity index (χ0) is 16.4. The molecule has 2 aromatic rings. The molecule has 1 amide bonds. The minimum absolute atomic E-state index is 0.0584. The SMILES string of the molecule is NS(=O)(=O)c1cccc(C(=O)N(Cc2ccccn2)C2CC2)c1. The van der Waals surface area contributed by atoms with Gasteiger partial charge in [0, 0.05) is 17.8 Å². The lowest BCUT2D eigenvalue weighted by atomic mass is 10.2. The number of amides is 1. The van der Waals surface area contributed by atoms with Crippen LogP contribution in [0.5, 0.6) is 0 Å². The van der Waals surface area contributed by atoms with Gasteiger partial charge in [0.2, 0.25) is 10.0 Å². The third-order valence-electron chi connectivity index (χ3n) is 3.72. The number of aromatic nitrogens is 1. The molecular weight excluding hydrogens is 314 g/mol. The highest BCUT2D eigenvalue weighted by atomic mass is 32.2.